The number of rotatable bonds is 7. The lowest BCUT2D eigenvalue weighted by molar-refractivity contribution is -0.139. The Labute approximate surface area is 160 Å². The van der Waals surface area contributed by atoms with Gasteiger partial charge in [-0.1, -0.05) is 0 Å². The molecule has 0 unspecified atom stereocenters. The molecule has 1 aromatic heterocycles. The number of benzene rings is 1. The molecule has 0 spiro atoms. The van der Waals surface area contributed by atoms with Gasteiger partial charge in [-0.05, 0) is 24.3 Å². The van der Waals surface area contributed by atoms with Gasteiger partial charge in [0.2, 0.25) is 5.88 Å². The van der Waals surface area contributed by atoms with Crippen molar-refractivity contribution in [3.05, 3.63) is 42.1 Å². The highest BCUT2D eigenvalue weighted by Crippen LogP contribution is 2.34. The predicted molar refractivity (Wildman–Crippen MR) is 99.3 cm³/mol. The number of pyridine rings is 1. The standard InChI is InChI=1S/C18H21F3N4O3/c1-22-17(25-12-6-7-14(26-2)15(11-12)27-3)24-9-10-28-16-13(18(19,20)21)5-4-8-23-16/h4-8,11H,9-10H2,1-3H3,(H2,22,24,25). The van der Waals surface area contributed by atoms with E-state index < -0.39 is 17.6 Å². The summed E-state index contributed by atoms with van der Waals surface area (Å²) in [5.41, 5.74) is -0.224. The van der Waals surface area contributed by atoms with Crippen molar-refractivity contribution in [2.24, 2.45) is 4.99 Å². The Bertz CT molecular complexity index is 813. The highest BCUT2D eigenvalue weighted by Gasteiger charge is 2.34. The molecule has 0 aliphatic rings. The zero-order valence-corrected chi connectivity index (χ0v) is 15.6. The summed E-state index contributed by atoms with van der Waals surface area (Å²) in [7, 11) is 4.63. The second-order valence-electron chi connectivity index (χ2n) is 5.40. The summed E-state index contributed by atoms with van der Waals surface area (Å²) in [4.78, 5) is 7.70. The van der Waals surface area contributed by atoms with E-state index >= 15 is 0 Å². The normalized spacial score (nSPS) is 11.7. The van der Waals surface area contributed by atoms with E-state index in [2.05, 4.69) is 20.6 Å². The molecule has 7 nitrogen and oxygen atoms in total. The van der Waals surface area contributed by atoms with Gasteiger partial charge < -0.3 is 24.8 Å². The molecule has 0 saturated heterocycles. The van der Waals surface area contributed by atoms with Crippen LogP contribution >= 0.6 is 0 Å². The van der Waals surface area contributed by atoms with Gasteiger partial charge in [0.15, 0.2) is 17.5 Å². The Morgan fingerprint density at radius 1 is 1.14 bits per heavy atom. The van der Waals surface area contributed by atoms with E-state index in [1.54, 1.807) is 25.2 Å². The average Bonchev–Trinajstić information content (AvgIpc) is 2.69. The molecule has 0 fully saturated rings. The number of alkyl halides is 3. The lowest BCUT2D eigenvalue weighted by atomic mass is 10.2. The van der Waals surface area contributed by atoms with E-state index in [9.17, 15) is 13.2 Å². The molecule has 10 heteroatoms. The van der Waals surface area contributed by atoms with E-state index in [1.165, 1.54) is 26.5 Å². The van der Waals surface area contributed by atoms with Crippen LogP contribution in [0.3, 0.4) is 0 Å². The van der Waals surface area contributed by atoms with Crippen molar-refractivity contribution < 1.29 is 27.4 Å². The number of hydrogen-bond acceptors (Lipinski definition) is 5. The monoisotopic (exact) mass is 398 g/mol. The van der Waals surface area contributed by atoms with Crippen LogP contribution in [0.2, 0.25) is 0 Å². The molecule has 2 N–H and O–H groups in total. The first-order chi connectivity index (χ1) is 13.4. The second kappa shape index (κ2) is 9.67. The Balaban J connectivity index is 1.90. The van der Waals surface area contributed by atoms with Gasteiger partial charge in [-0.3, -0.25) is 4.99 Å². The number of hydrogen-bond donors (Lipinski definition) is 2. The van der Waals surface area contributed by atoms with Crippen LogP contribution in [0.4, 0.5) is 18.9 Å². The maximum Gasteiger partial charge on any atom is 0.421 e. The minimum atomic E-state index is -4.53. The first kappa shape index (κ1) is 21.1. The summed E-state index contributed by atoms with van der Waals surface area (Å²) < 4.78 is 54.3. The van der Waals surface area contributed by atoms with Crippen molar-refractivity contribution in [1.29, 1.82) is 0 Å². The Morgan fingerprint density at radius 2 is 1.89 bits per heavy atom. The molecule has 0 bridgehead atoms. The molecule has 0 aliphatic heterocycles. The molecule has 0 radical (unpaired) electrons. The molecule has 1 aromatic carbocycles. The molecule has 0 aliphatic carbocycles. The van der Waals surface area contributed by atoms with Gasteiger partial charge in [-0.25, -0.2) is 4.98 Å². The van der Waals surface area contributed by atoms with Crippen LogP contribution in [0, 0.1) is 0 Å². The first-order valence-electron chi connectivity index (χ1n) is 8.23. The average molecular weight is 398 g/mol. The van der Waals surface area contributed by atoms with Crippen molar-refractivity contribution in [3.63, 3.8) is 0 Å². The van der Waals surface area contributed by atoms with Crippen molar-refractivity contribution >= 4 is 11.6 Å². The van der Waals surface area contributed by atoms with Gasteiger partial charge in [0.1, 0.15) is 12.2 Å². The number of nitrogens with one attached hydrogen (secondary N) is 2. The maximum atomic E-state index is 12.9. The molecule has 0 atom stereocenters. The lowest BCUT2D eigenvalue weighted by Gasteiger charge is -2.15. The number of anilines is 1. The summed E-state index contributed by atoms with van der Waals surface area (Å²) in [6.45, 7) is 0.174. The fraction of sp³-hybridized carbons (Fsp3) is 0.333. The van der Waals surface area contributed by atoms with Crippen LogP contribution in [-0.4, -0.2) is 45.4 Å². The van der Waals surface area contributed by atoms with Gasteiger partial charge >= 0.3 is 6.18 Å². The minimum absolute atomic E-state index is 0.0350. The summed E-state index contributed by atoms with van der Waals surface area (Å²) in [5, 5.41) is 5.99. The van der Waals surface area contributed by atoms with Crippen LogP contribution in [0.5, 0.6) is 17.4 Å². The number of halogens is 3. The van der Waals surface area contributed by atoms with E-state index in [-0.39, 0.29) is 13.2 Å². The third-order valence-electron chi connectivity index (χ3n) is 3.58. The van der Waals surface area contributed by atoms with Crippen LogP contribution in [0.25, 0.3) is 0 Å². The van der Waals surface area contributed by atoms with Crippen LogP contribution < -0.4 is 24.8 Å². The third kappa shape index (κ3) is 5.66. The number of aliphatic imine (C=N–C) groups is 1. The Hall–Kier alpha value is -3.17. The van der Waals surface area contributed by atoms with Crippen molar-refractivity contribution in [2.45, 2.75) is 6.18 Å². The summed E-state index contributed by atoms with van der Waals surface area (Å²) in [6.07, 6.45) is -3.28. The van der Waals surface area contributed by atoms with E-state index in [1.807, 2.05) is 0 Å². The quantitative estimate of drug-likeness (QED) is 0.424. The van der Waals surface area contributed by atoms with Gasteiger partial charge in [-0.15, -0.1) is 0 Å². The topological polar surface area (TPSA) is 77.0 Å². The zero-order chi connectivity index (χ0) is 20.6. The van der Waals surface area contributed by atoms with E-state index in [4.69, 9.17) is 14.2 Å². The van der Waals surface area contributed by atoms with Crippen LogP contribution in [-0.2, 0) is 6.18 Å². The largest absolute Gasteiger partial charge is 0.493 e. The molecule has 152 valence electrons. The summed E-state index contributed by atoms with van der Waals surface area (Å²) >= 11 is 0. The summed E-state index contributed by atoms with van der Waals surface area (Å²) in [5.74, 6) is 1.08. The summed E-state index contributed by atoms with van der Waals surface area (Å²) in [6, 6.07) is 7.37. The predicted octanol–water partition coefficient (Wildman–Crippen LogP) is 3.18. The fourth-order valence-corrected chi connectivity index (χ4v) is 2.27. The lowest BCUT2D eigenvalue weighted by Crippen LogP contribution is -2.34. The molecule has 1 heterocycles. The van der Waals surface area contributed by atoms with Crippen molar-refractivity contribution in [1.82, 2.24) is 10.3 Å². The Kier molecular flexibility index (Phi) is 7.30. The number of nitrogens with zero attached hydrogens (tertiary/aromatic N) is 2. The molecule has 0 saturated carbocycles. The number of aromatic nitrogens is 1. The molecule has 2 rings (SSSR count). The molecule has 2 aromatic rings. The molecule has 0 amide bonds. The number of guanidine groups is 1. The highest BCUT2D eigenvalue weighted by atomic mass is 19.4. The fourth-order valence-electron chi connectivity index (χ4n) is 2.27. The number of methoxy groups -OCH3 is 2. The van der Waals surface area contributed by atoms with E-state index in [0.29, 0.717) is 23.1 Å². The SMILES string of the molecule is CN=C(NCCOc1ncccc1C(F)(F)F)Nc1ccc(OC)c(OC)c1. The second-order valence-corrected chi connectivity index (χ2v) is 5.40. The molecular weight excluding hydrogens is 377 g/mol. The van der Waals surface area contributed by atoms with Gasteiger partial charge in [0.05, 0.1) is 20.8 Å². The highest BCUT2D eigenvalue weighted by molar-refractivity contribution is 5.93. The molecule has 28 heavy (non-hydrogen) atoms. The smallest absolute Gasteiger partial charge is 0.421 e. The Morgan fingerprint density at radius 3 is 2.54 bits per heavy atom. The van der Waals surface area contributed by atoms with Gasteiger partial charge in [0, 0.05) is 25.0 Å². The minimum Gasteiger partial charge on any atom is -0.493 e. The van der Waals surface area contributed by atoms with Crippen LogP contribution in [0.15, 0.2) is 41.5 Å². The van der Waals surface area contributed by atoms with Crippen molar-refractivity contribution in [3.8, 4) is 17.4 Å². The molecular formula is C18H21F3N4O3. The van der Waals surface area contributed by atoms with Gasteiger partial charge in [-0.2, -0.15) is 13.2 Å². The first-order valence-corrected chi connectivity index (χ1v) is 8.23. The van der Waals surface area contributed by atoms with Crippen LogP contribution in [0.1, 0.15) is 5.56 Å². The maximum absolute atomic E-state index is 12.9. The third-order valence-corrected chi connectivity index (χ3v) is 3.58. The van der Waals surface area contributed by atoms with Gasteiger partial charge in [0.25, 0.3) is 0 Å². The zero-order valence-electron chi connectivity index (χ0n) is 15.6. The van der Waals surface area contributed by atoms with Crippen molar-refractivity contribution in [2.75, 3.05) is 39.7 Å². The number of ether oxygens (including phenoxy) is 3. The van der Waals surface area contributed by atoms with E-state index in [0.717, 1.165) is 6.07 Å².